The summed E-state index contributed by atoms with van der Waals surface area (Å²) in [7, 11) is 1.55. The van der Waals surface area contributed by atoms with E-state index in [9.17, 15) is 18.0 Å². The van der Waals surface area contributed by atoms with Gasteiger partial charge in [0.15, 0.2) is 0 Å². The van der Waals surface area contributed by atoms with Crippen molar-refractivity contribution in [3.8, 4) is 5.75 Å². The van der Waals surface area contributed by atoms with Crippen molar-refractivity contribution in [2.24, 2.45) is 0 Å². The van der Waals surface area contributed by atoms with E-state index in [1.165, 1.54) is 6.07 Å². The number of methoxy groups -OCH3 is 1. The molecule has 4 aromatic rings. The molecule has 0 aliphatic heterocycles. The molecule has 33 heavy (non-hydrogen) atoms. The molecule has 7 heteroatoms. The van der Waals surface area contributed by atoms with Crippen molar-refractivity contribution < 1.29 is 22.7 Å². The van der Waals surface area contributed by atoms with Gasteiger partial charge in [-0.15, -0.1) is 0 Å². The van der Waals surface area contributed by atoms with E-state index >= 15 is 0 Å². The highest BCUT2D eigenvalue weighted by Crippen LogP contribution is 2.37. The van der Waals surface area contributed by atoms with E-state index in [1.54, 1.807) is 25.4 Å². The summed E-state index contributed by atoms with van der Waals surface area (Å²) in [6.45, 7) is 0.344. The van der Waals surface area contributed by atoms with Crippen LogP contribution in [0.25, 0.3) is 10.9 Å². The van der Waals surface area contributed by atoms with Crippen LogP contribution >= 0.6 is 0 Å². The summed E-state index contributed by atoms with van der Waals surface area (Å²) in [6.07, 6.45) is -2.72. The largest absolute Gasteiger partial charge is 0.497 e. The maximum atomic E-state index is 13.4. The topological polar surface area (TPSA) is 54.1 Å². The zero-order valence-corrected chi connectivity index (χ0v) is 17.9. The van der Waals surface area contributed by atoms with Crippen LogP contribution in [0, 0.1) is 0 Å². The molecule has 170 valence electrons. The molecule has 0 radical (unpaired) electrons. The average Bonchev–Trinajstić information content (AvgIpc) is 3.24. The highest BCUT2D eigenvalue weighted by Gasteiger charge is 2.32. The number of H-pyrrole nitrogens is 1. The number of hydrogen-bond donors (Lipinski definition) is 2. The van der Waals surface area contributed by atoms with Gasteiger partial charge in [-0.05, 0) is 41.0 Å². The third kappa shape index (κ3) is 5.19. The van der Waals surface area contributed by atoms with E-state index in [4.69, 9.17) is 4.74 Å². The Morgan fingerprint density at radius 3 is 2.55 bits per heavy atom. The van der Waals surface area contributed by atoms with Gasteiger partial charge in [-0.3, -0.25) is 4.79 Å². The Balaban J connectivity index is 1.69. The first-order valence-corrected chi connectivity index (χ1v) is 10.5. The maximum absolute atomic E-state index is 13.4. The van der Waals surface area contributed by atoms with Crippen LogP contribution in [0.3, 0.4) is 0 Å². The van der Waals surface area contributed by atoms with Crippen LogP contribution in [0.2, 0.25) is 0 Å². The summed E-state index contributed by atoms with van der Waals surface area (Å²) in [5.74, 6) is -0.206. The molecule has 0 saturated heterocycles. The summed E-state index contributed by atoms with van der Waals surface area (Å²) in [5, 5.41) is 3.68. The third-order valence-electron chi connectivity index (χ3n) is 5.63. The van der Waals surface area contributed by atoms with E-state index in [0.717, 1.165) is 34.2 Å². The predicted octanol–water partition coefficient (Wildman–Crippen LogP) is 6.03. The van der Waals surface area contributed by atoms with Crippen molar-refractivity contribution in [3.63, 3.8) is 0 Å². The molecule has 4 nitrogen and oxygen atoms in total. The number of hydrogen-bond acceptors (Lipinski definition) is 2. The van der Waals surface area contributed by atoms with Crippen LogP contribution in [-0.4, -0.2) is 18.0 Å². The normalized spacial score (nSPS) is 12.5. The molecule has 1 atom stereocenters. The minimum Gasteiger partial charge on any atom is -0.497 e. The number of fused-ring (bicyclic) bond motifs is 1. The van der Waals surface area contributed by atoms with Crippen LogP contribution in [0.4, 0.5) is 13.2 Å². The second-order valence-corrected chi connectivity index (χ2v) is 7.80. The Morgan fingerprint density at radius 2 is 1.82 bits per heavy atom. The van der Waals surface area contributed by atoms with Crippen LogP contribution < -0.4 is 10.1 Å². The predicted molar refractivity (Wildman–Crippen MR) is 121 cm³/mol. The number of amides is 1. The zero-order chi connectivity index (χ0) is 23.4. The van der Waals surface area contributed by atoms with Gasteiger partial charge in [-0.2, -0.15) is 13.2 Å². The first-order chi connectivity index (χ1) is 15.8. The molecule has 1 aromatic heterocycles. The van der Waals surface area contributed by atoms with E-state index in [2.05, 4.69) is 10.3 Å². The Labute approximate surface area is 189 Å². The number of aromatic amines is 1. The quantitative estimate of drug-likeness (QED) is 0.360. The van der Waals surface area contributed by atoms with Crippen LogP contribution in [0.15, 0.2) is 79.0 Å². The Hall–Kier alpha value is -3.74. The molecule has 0 saturated carbocycles. The second-order valence-electron chi connectivity index (χ2n) is 7.80. The summed E-state index contributed by atoms with van der Waals surface area (Å²) in [6, 6.07) is 20.1. The maximum Gasteiger partial charge on any atom is 0.416 e. The van der Waals surface area contributed by atoms with Gasteiger partial charge in [-0.25, -0.2) is 0 Å². The summed E-state index contributed by atoms with van der Waals surface area (Å²) in [4.78, 5) is 16.0. The van der Waals surface area contributed by atoms with Gasteiger partial charge in [-0.1, -0.05) is 48.5 Å². The van der Waals surface area contributed by atoms with Crippen molar-refractivity contribution in [2.45, 2.75) is 25.1 Å². The van der Waals surface area contributed by atoms with Gasteiger partial charge in [0.05, 0.1) is 12.7 Å². The van der Waals surface area contributed by atoms with Crippen molar-refractivity contribution in [1.29, 1.82) is 0 Å². The van der Waals surface area contributed by atoms with Crippen molar-refractivity contribution in [2.75, 3.05) is 7.11 Å². The molecular weight excluding hydrogens is 429 g/mol. The fourth-order valence-corrected chi connectivity index (χ4v) is 3.93. The fraction of sp³-hybridized carbons (Fsp3) is 0.192. The lowest BCUT2D eigenvalue weighted by Gasteiger charge is -2.19. The molecule has 0 spiro atoms. The number of aromatic nitrogens is 1. The molecule has 0 bridgehead atoms. The summed E-state index contributed by atoms with van der Waals surface area (Å²) < 4.78 is 45.5. The SMILES string of the molecule is COc1ccc2[nH]cc(C(CC(=O)NCc3ccccc3)c3cccc(C(F)(F)F)c3)c2c1. The number of benzene rings is 3. The average molecular weight is 452 g/mol. The van der Waals surface area contributed by atoms with Crippen LogP contribution in [0.1, 0.15) is 34.6 Å². The lowest BCUT2D eigenvalue weighted by atomic mass is 9.87. The number of halogens is 3. The second kappa shape index (κ2) is 9.40. The Bertz CT molecular complexity index is 1250. The van der Waals surface area contributed by atoms with Gasteiger partial charge in [0, 0.05) is 36.0 Å². The minimum atomic E-state index is -4.47. The fourth-order valence-electron chi connectivity index (χ4n) is 3.93. The van der Waals surface area contributed by atoms with Gasteiger partial charge in [0.25, 0.3) is 0 Å². The van der Waals surface area contributed by atoms with E-state index in [1.807, 2.05) is 42.5 Å². The molecular formula is C26H23F3N2O2. The number of ether oxygens (including phenoxy) is 1. The van der Waals surface area contributed by atoms with Crippen molar-refractivity contribution in [3.05, 3.63) is 101 Å². The monoisotopic (exact) mass is 452 g/mol. The molecule has 1 amide bonds. The molecule has 2 N–H and O–H groups in total. The first kappa shape index (κ1) is 22.5. The molecule has 4 rings (SSSR count). The molecule has 0 aliphatic rings. The Morgan fingerprint density at radius 1 is 1.03 bits per heavy atom. The van der Waals surface area contributed by atoms with Crippen LogP contribution in [0.5, 0.6) is 5.75 Å². The lowest BCUT2D eigenvalue weighted by Crippen LogP contribution is -2.25. The van der Waals surface area contributed by atoms with E-state index < -0.39 is 17.7 Å². The van der Waals surface area contributed by atoms with Gasteiger partial charge in [0.1, 0.15) is 5.75 Å². The van der Waals surface area contributed by atoms with E-state index in [-0.39, 0.29) is 12.3 Å². The standard InChI is InChI=1S/C26H23F3N2O2/c1-33-20-10-11-24-22(13-20)23(16-30-24)21(18-8-5-9-19(12-18)26(27,28)29)14-25(32)31-15-17-6-3-2-4-7-17/h2-13,16,21,30H,14-15H2,1H3,(H,31,32). The number of carbonyl (C=O) groups is 1. The lowest BCUT2D eigenvalue weighted by molar-refractivity contribution is -0.137. The number of rotatable bonds is 7. The van der Waals surface area contributed by atoms with Crippen molar-refractivity contribution in [1.82, 2.24) is 10.3 Å². The highest BCUT2D eigenvalue weighted by atomic mass is 19.4. The number of alkyl halides is 3. The molecule has 3 aromatic carbocycles. The van der Waals surface area contributed by atoms with Crippen LogP contribution in [-0.2, 0) is 17.5 Å². The molecule has 1 unspecified atom stereocenters. The Kier molecular flexibility index (Phi) is 6.40. The number of carbonyl (C=O) groups excluding carboxylic acids is 1. The smallest absolute Gasteiger partial charge is 0.416 e. The minimum absolute atomic E-state index is 0.00168. The first-order valence-electron chi connectivity index (χ1n) is 10.5. The van der Waals surface area contributed by atoms with Gasteiger partial charge < -0.3 is 15.0 Å². The molecule has 0 fully saturated rings. The molecule has 0 aliphatic carbocycles. The van der Waals surface area contributed by atoms with Gasteiger partial charge in [0.2, 0.25) is 5.91 Å². The third-order valence-corrected chi connectivity index (χ3v) is 5.63. The van der Waals surface area contributed by atoms with E-state index in [0.29, 0.717) is 17.9 Å². The van der Waals surface area contributed by atoms with Gasteiger partial charge >= 0.3 is 6.18 Å². The molecule has 1 heterocycles. The highest BCUT2D eigenvalue weighted by molar-refractivity contribution is 5.87. The summed E-state index contributed by atoms with van der Waals surface area (Å²) in [5.41, 5.74) is 2.17. The van der Waals surface area contributed by atoms with Crippen molar-refractivity contribution >= 4 is 16.8 Å². The zero-order valence-electron chi connectivity index (χ0n) is 17.9. The summed E-state index contributed by atoms with van der Waals surface area (Å²) >= 11 is 0. The number of nitrogens with one attached hydrogen (secondary N) is 2.